The molecule has 0 spiro atoms. The van der Waals surface area contributed by atoms with Crippen molar-refractivity contribution in [1.29, 1.82) is 0 Å². The Labute approximate surface area is 84.7 Å². The first-order valence-electron chi connectivity index (χ1n) is 4.03. The first-order valence-corrected chi connectivity index (χ1v) is 4.03. The van der Waals surface area contributed by atoms with Crippen molar-refractivity contribution in [2.24, 2.45) is 0 Å². The zero-order valence-corrected chi connectivity index (χ0v) is 7.69. The molecule has 0 aromatic rings. The van der Waals surface area contributed by atoms with Crippen molar-refractivity contribution in [2.75, 3.05) is 13.2 Å². The molecule has 15 heavy (non-hydrogen) atoms. The largest absolute Gasteiger partial charge is 0.479 e. The number of aliphatic carboxylic acids is 1. The molecule has 0 aliphatic carbocycles. The van der Waals surface area contributed by atoms with Gasteiger partial charge in [0.2, 0.25) is 5.60 Å². The van der Waals surface area contributed by atoms with Crippen LogP contribution in [-0.4, -0.2) is 78.8 Å². The predicted octanol–water partition coefficient (Wildman–Crippen LogP) is -4.13. The van der Waals surface area contributed by atoms with Crippen molar-refractivity contribution in [3.63, 3.8) is 0 Å². The van der Waals surface area contributed by atoms with Gasteiger partial charge in [-0.2, -0.15) is 0 Å². The SMILES string of the molecule is O=C(O)[C@](O)(CO)[C@H](O)[C@H](O)C(O)CO. The van der Waals surface area contributed by atoms with Gasteiger partial charge in [-0.15, -0.1) is 0 Å². The standard InChI is InChI=1S/C7H14O8/c8-1-3(10)4(11)5(12)7(15,2-9)6(13)14/h3-5,8-12,15H,1-2H2,(H,13,14)/t3?,4-,5-,7+/m1/s1. The summed E-state index contributed by atoms with van der Waals surface area (Å²) in [6.07, 6.45) is -6.25. The maximum Gasteiger partial charge on any atom is 0.341 e. The van der Waals surface area contributed by atoms with E-state index in [0.29, 0.717) is 0 Å². The first kappa shape index (κ1) is 14.2. The lowest BCUT2D eigenvalue weighted by molar-refractivity contribution is -0.198. The van der Waals surface area contributed by atoms with Gasteiger partial charge in [0.1, 0.15) is 18.3 Å². The van der Waals surface area contributed by atoms with Crippen molar-refractivity contribution in [1.82, 2.24) is 0 Å². The molecule has 0 fully saturated rings. The first-order chi connectivity index (χ1) is 6.81. The van der Waals surface area contributed by atoms with Crippen LogP contribution in [-0.2, 0) is 4.79 Å². The molecule has 0 amide bonds. The second-order valence-corrected chi connectivity index (χ2v) is 3.07. The van der Waals surface area contributed by atoms with E-state index in [9.17, 15) is 15.0 Å². The molecule has 0 radical (unpaired) electrons. The molecule has 0 aliphatic rings. The van der Waals surface area contributed by atoms with Crippen LogP contribution in [0.5, 0.6) is 0 Å². The van der Waals surface area contributed by atoms with Crippen LogP contribution >= 0.6 is 0 Å². The Morgan fingerprint density at radius 3 is 1.93 bits per heavy atom. The molecule has 7 N–H and O–H groups in total. The minimum Gasteiger partial charge on any atom is -0.479 e. The van der Waals surface area contributed by atoms with Gasteiger partial charge in [0.25, 0.3) is 0 Å². The summed E-state index contributed by atoms with van der Waals surface area (Å²) in [7, 11) is 0. The fourth-order valence-corrected chi connectivity index (χ4v) is 0.889. The summed E-state index contributed by atoms with van der Waals surface area (Å²) in [5.41, 5.74) is -2.99. The summed E-state index contributed by atoms with van der Waals surface area (Å²) in [6.45, 7) is -2.28. The van der Waals surface area contributed by atoms with Crippen molar-refractivity contribution in [3.05, 3.63) is 0 Å². The minimum atomic E-state index is -2.99. The van der Waals surface area contributed by atoms with Gasteiger partial charge in [0, 0.05) is 0 Å². The summed E-state index contributed by atoms with van der Waals surface area (Å²) in [6, 6.07) is 0. The highest BCUT2D eigenvalue weighted by atomic mass is 16.4. The Bertz CT molecular complexity index is 219. The van der Waals surface area contributed by atoms with Gasteiger partial charge in [0.05, 0.1) is 13.2 Å². The molecule has 1 unspecified atom stereocenters. The van der Waals surface area contributed by atoms with Gasteiger partial charge in [-0.05, 0) is 0 Å². The van der Waals surface area contributed by atoms with Crippen molar-refractivity contribution in [3.8, 4) is 0 Å². The molecular formula is C7H14O8. The third-order valence-electron chi connectivity index (χ3n) is 2.01. The van der Waals surface area contributed by atoms with Crippen molar-refractivity contribution in [2.45, 2.75) is 23.9 Å². The van der Waals surface area contributed by atoms with E-state index in [2.05, 4.69) is 0 Å². The number of carboxylic acid groups (broad SMARTS) is 1. The van der Waals surface area contributed by atoms with Crippen LogP contribution in [0.15, 0.2) is 0 Å². The van der Waals surface area contributed by atoms with E-state index >= 15 is 0 Å². The molecular weight excluding hydrogens is 212 g/mol. The van der Waals surface area contributed by atoms with Gasteiger partial charge in [-0.25, -0.2) is 4.79 Å². The second kappa shape index (κ2) is 5.35. The number of hydrogen-bond acceptors (Lipinski definition) is 7. The van der Waals surface area contributed by atoms with Crippen LogP contribution in [0.3, 0.4) is 0 Å². The number of carboxylic acids is 1. The number of carbonyl (C=O) groups is 1. The van der Waals surface area contributed by atoms with Crippen molar-refractivity contribution < 1.29 is 40.5 Å². The highest BCUT2D eigenvalue weighted by Gasteiger charge is 2.48. The van der Waals surface area contributed by atoms with E-state index in [4.69, 9.17) is 25.5 Å². The zero-order valence-electron chi connectivity index (χ0n) is 7.69. The summed E-state index contributed by atoms with van der Waals surface area (Å²) in [5, 5.41) is 61.9. The summed E-state index contributed by atoms with van der Waals surface area (Å²) < 4.78 is 0. The highest BCUT2D eigenvalue weighted by molar-refractivity contribution is 5.78. The maximum atomic E-state index is 10.5. The molecule has 0 rings (SSSR count). The number of aliphatic hydroxyl groups excluding tert-OH is 5. The molecule has 0 saturated heterocycles. The summed E-state index contributed by atoms with van der Waals surface area (Å²) in [5.74, 6) is -1.96. The lowest BCUT2D eigenvalue weighted by Crippen LogP contribution is -2.60. The molecule has 8 heteroatoms. The molecule has 4 atom stereocenters. The Hall–Kier alpha value is -0.770. The summed E-state index contributed by atoms with van der Waals surface area (Å²) in [4.78, 5) is 10.5. The minimum absolute atomic E-state index is 0.931. The molecule has 8 nitrogen and oxygen atoms in total. The molecule has 0 saturated carbocycles. The van der Waals surface area contributed by atoms with E-state index in [0.717, 1.165) is 0 Å². The van der Waals surface area contributed by atoms with E-state index in [-0.39, 0.29) is 0 Å². The van der Waals surface area contributed by atoms with Crippen LogP contribution in [0, 0.1) is 0 Å². The van der Waals surface area contributed by atoms with E-state index in [1.165, 1.54) is 0 Å². The van der Waals surface area contributed by atoms with Gasteiger partial charge in [0.15, 0.2) is 0 Å². The fourth-order valence-electron chi connectivity index (χ4n) is 0.889. The van der Waals surface area contributed by atoms with E-state index < -0.39 is 43.1 Å². The molecule has 0 aromatic carbocycles. The molecule has 90 valence electrons. The van der Waals surface area contributed by atoms with Crippen LogP contribution in [0.25, 0.3) is 0 Å². The third kappa shape index (κ3) is 2.84. The smallest absolute Gasteiger partial charge is 0.341 e. The second-order valence-electron chi connectivity index (χ2n) is 3.07. The number of aliphatic hydroxyl groups is 6. The summed E-state index contributed by atoms with van der Waals surface area (Å²) >= 11 is 0. The van der Waals surface area contributed by atoms with Crippen LogP contribution < -0.4 is 0 Å². The highest BCUT2D eigenvalue weighted by Crippen LogP contribution is 2.16. The third-order valence-corrected chi connectivity index (χ3v) is 2.01. The lowest BCUT2D eigenvalue weighted by Gasteiger charge is -2.31. The molecule has 0 heterocycles. The van der Waals surface area contributed by atoms with Gasteiger partial charge in [-0.3, -0.25) is 0 Å². The average molecular weight is 226 g/mol. The van der Waals surface area contributed by atoms with Crippen LogP contribution in [0.1, 0.15) is 0 Å². The fraction of sp³-hybridized carbons (Fsp3) is 0.857. The van der Waals surface area contributed by atoms with Crippen molar-refractivity contribution >= 4 is 5.97 Å². The Balaban J connectivity index is 4.79. The van der Waals surface area contributed by atoms with E-state index in [1.807, 2.05) is 0 Å². The topological polar surface area (TPSA) is 159 Å². The quantitative estimate of drug-likeness (QED) is 0.240. The molecule has 0 bridgehead atoms. The normalized spacial score (nSPS) is 21.5. The molecule has 0 aliphatic heterocycles. The number of rotatable bonds is 6. The van der Waals surface area contributed by atoms with Gasteiger partial charge >= 0.3 is 5.97 Å². The average Bonchev–Trinajstić information content (AvgIpc) is 2.24. The van der Waals surface area contributed by atoms with E-state index in [1.54, 1.807) is 0 Å². The predicted molar refractivity (Wildman–Crippen MR) is 44.8 cm³/mol. The van der Waals surface area contributed by atoms with Gasteiger partial charge in [-0.1, -0.05) is 0 Å². The Kier molecular flexibility index (Phi) is 5.08. The zero-order chi connectivity index (χ0) is 12.2. The Morgan fingerprint density at radius 2 is 1.67 bits per heavy atom. The maximum absolute atomic E-state index is 10.5. The number of hydrogen-bond donors (Lipinski definition) is 7. The van der Waals surface area contributed by atoms with Crippen LogP contribution in [0.4, 0.5) is 0 Å². The molecule has 0 aromatic heterocycles. The van der Waals surface area contributed by atoms with Crippen LogP contribution in [0.2, 0.25) is 0 Å². The Morgan fingerprint density at radius 1 is 1.20 bits per heavy atom. The van der Waals surface area contributed by atoms with Gasteiger partial charge < -0.3 is 35.7 Å². The monoisotopic (exact) mass is 226 g/mol. The lowest BCUT2D eigenvalue weighted by atomic mass is 9.91.